The maximum atomic E-state index is 12.8. The second kappa shape index (κ2) is 9.06. The van der Waals surface area contributed by atoms with Gasteiger partial charge in [0.05, 0.1) is 6.54 Å². The first-order valence-electron chi connectivity index (χ1n) is 9.98. The number of rotatable bonds is 4. The Hall–Kier alpha value is -2.04. The van der Waals surface area contributed by atoms with Crippen molar-refractivity contribution in [2.45, 2.75) is 38.5 Å². The molecular weight excluding hydrogens is 326 g/mol. The van der Waals surface area contributed by atoms with Gasteiger partial charge in [-0.05, 0) is 37.8 Å². The van der Waals surface area contributed by atoms with Gasteiger partial charge in [0.1, 0.15) is 0 Å². The van der Waals surface area contributed by atoms with Crippen molar-refractivity contribution < 1.29 is 9.59 Å². The number of piperidine rings is 1. The Morgan fingerprint density at radius 3 is 2.15 bits per heavy atom. The minimum absolute atomic E-state index is 0.101. The van der Waals surface area contributed by atoms with Crippen LogP contribution >= 0.6 is 0 Å². The molecule has 2 aliphatic rings. The number of likely N-dealkylation sites (tertiary alicyclic amines) is 2. The van der Waals surface area contributed by atoms with E-state index >= 15 is 0 Å². The average molecular weight is 357 g/mol. The van der Waals surface area contributed by atoms with Gasteiger partial charge in [0.2, 0.25) is 11.8 Å². The molecule has 2 saturated heterocycles. The van der Waals surface area contributed by atoms with Crippen molar-refractivity contribution in [2.24, 2.45) is 5.92 Å². The van der Waals surface area contributed by atoms with E-state index in [1.807, 2.05) is 47.2 Å². The fourth-order valence-corrected chi connectivity index (χ4v) is 4.00. The molecule has 5 nitrogen and oxygen atoms in total. The Kier molecular flexibility index (Phi) is 6.53. The number of benzene rings is 1. The Bertz CT molecular complexity index is 589. The molecular formula is C21H31N3O2. The summed E-state index contributed by atoms with van der Waals surface area (Å²) in [6.45, 7) is 3.62. The molecule has 1 aromatic rings. The van der Waals surface area contributed by atoms with Crippen molar-refractivity contribution in [3.05, 3.63) is 30.3 Å². The van der Waals surface area contributed by atoms with E-state index in [1.165, 1.54) is 12.8 Å². The molecule has 0 bridgehead atoms. The van der Waals surface area contributed by atoms with Crippen molar-refractivity contribution >= 4 is 17.5 Å². The maximum Gasteiger partial charge on any atom is 0.242 e. The molecule has 0 spiro atoms. The van der Waals surface area contributed by atoms with Gasteiger partial charge in [0, 0.05) is 44.8 Å². The quantitative estimate of drug-likeness (QED) is 0.832. The fraction of sp³-hybridized carbons (Fsp3) is 0.619. The van der Waals surface area contributed by atoms with Gasteiger partial charge in [0.25, 0.3) is 0 Å². The predicted molar refractivity (Wildman–Crippen MR) is 104 cm³/mol. The van der Waals surface area contributed by atoms with E-state index in [-0.39, 0.29) is 11.8 Å². The maximum absolute atomic E-state index is 12.8. The van der Waals surface area contributed by atoms with Crippen LogP contribution in [0.3, 0.4) is 0 Å². The largest absolute Gasteiger partial charge is 0.365 e. The van der Waals surface area contributed by atoms with E-state index in [4.69, 9.17) is 0 Å². The van der Waals surface area contributed by atoms with E-state index < -0.39 is 0 Å². The molecule has 1 aromatic carbocycles. The normalized spacial score (nSPS) is 19.1. The second-order valence-electron chi connectivity index (χ2n) is 7.59. The van der Waals surface area contributed by atoms with Crippen LogP contribution < -0.4 is 4.90 Å². The molecule has 2 fully saturated rings. The number of hydrogen-bond acceptors (Lipinski definition) is 3. The minimum Gasteiger partial charge on any atom is -0.365 e. The van der Waals surface area contributed by atoms with Crippen molar-refractivity contribution in [3.63, 3.8) is 0 Å². The second-order valence-corrected chi connectivity index (χ2v) is 7.59. The highest BCUT2D eigenvalue weighted by molar-refractivity contribution is 5.82. The highest BCUT2D eigenvalue weighted by Gasteiger charge is 2.30. The topological polar surface area (TPSA) is 43.9 Å². The van der Waals surface area contributed by atoms with Gasteiger partial charge >= 0.3 is 0 Å². The summed E-state index contributed by atoms with van der Waals surface area (Å²) in [6.07, 6.45) is 6.35. The number of hydrogen-bond donors (Lipinski definition) is 0. The van der Waals surface area contributed by atoms with Crippen molar-refractivity contribution in [1.82, 2.24) is 9.80 Å². The lowest BCUT2D eigenvalue weighted by Crippen LogP contribution is -2.47. The summed E-state index contributed by atoms with van der Waals surface area (Å²) in [6, 6.07) is 9.97. The van der Waals surface area contributed by atoms with Gasteiger partial charge in [-0.25, -0.2) is 0 Å². The van der Waals surface area contributed by atoms with Gasteiger partial charge in [-0.2, -0.15) is 0 Å². The SMILES string of the molecule is CN(CC(=O)N1CCC(C(=O)N2CCCCCC2)CC1)c1ccccc1. The van der Waals surface area contributed by atoms with Crippen molar-refractivity contribution in [1.29, 1.82) is 0 Å². The van der Waals surface area contributed by atoms with Crippen LogP contribution in [0.15, 0.2) is 30.3 Å². The summed E-state index contributed by atoms with van der Waals surface area (Å²) in [7, 11) is 1.95. The summed E-state index contributed by atoms with van der Waals surface area (Å²) in [5.41, 5.74) is 1.05. The Balaban J connectivity index is 1.47. The summed E-state index contributed by atoms with van der Waals surface area (Å²) >= 11 is 0. The highest BCUT2D eigenvalue weighted by atomic mass is 16.2. The van der Waals surface area contributed by atoms with Crippen LogP contribution in [-0.4, -0.2) is 61.4 Å². The zero-order valence-corrected chi connectivity index (χ0v) is 15.9. The van der Waals surface area contributed by atoms with Gasteiger partial charge < -0.3 is 14.7 Å². The van der Waals surface area contributed by atoms with E-state index in [0.29, 0.717) is 25.5 Å². The molecule has 2 aliphatic heterocycles. The molecule has 3 rings (SSSR count). The third-order valence-corrected chi connectivity index (χ3v) is 5.68. The molecule has 0 atom stereocenters. The molecule has 26 heavy (non-hydrogen) atoms. The standard InChI is InChI=1S/C21H31N3O2/c1-22(19-9-5-4-6-10-19)17-20(25)23-15-11-18(12-16-23)21(26)24-13-7-2-3-8-14-24/h4-6,9-10,18H,2-3,7-8,11-17H2,1H3. The number of nitrogens with zero attached hydrogens (tertiary/aromatic N) is 3. The summed E-state index contributed by atoms with van der Waals surface area (Å²) < 4.78 is 0. The third kappa shape index (κ3) is 4.77. The van der Waals surface area contributed by atoms with Crippen LogP contribution in [-0.2, 0) is 9.59 Å². The number of likely N-dealkylation sites (N-methyl/N-ethyl adjacent to an activating group) is 1. The molecule has 0 aromatic heterocycles. The number of anilines is 1. The van der Waals surface area contributed by atoms with E-state index in [1.54, 1.807) is 0 Å². The Morgan fingerprint density at radius 2 is 1.54 bits per heavy atom. The zero-order valence-electron chi connectivity index (χ0n) is 15.9. The first-order valence-corrected chi connectivity index (χ1v) is 9.98. The minimum atomic E-state index is 0.101. The predicted octanol–water partition coefficient (Wildman–Crippen LogP) is 2.76. The number of carbonyl (C=O) groups is 2. The molecule has 2 heterocycles. The number of amides is 2. The average Bonchev–Trinajstić information content (AvgIpc) is 2.97. The van der Waals surface area contributed by atoms with Crippen LogP contribution in [0, 0.1) is 5.92 Å². The van der Waals surface area contributed by atoms with Crippen LogP contribution in [0.2, 0.25) is 0 Å². The van der Waals surface area contributed by atoms with Crippen LogP contribution in [0.1, 0.15) is 38.5 Å². The van der Waals surface area contributed by atoms with Gasteiger partial charge in [0.15, 0.2) is 0 Å². The van der Waals surface area contributed by atoms with Crippen LogP contribution in [0.25, 0.3) is 0 Å². The lowest BCUT2D eigenvalue weighted by Gasteiger charge is -2.35. The summed E-state index contributed by atoms with van der Waals surface area (Å²) in [5.74, 6) is 0.571. The van der Waals surface area contributed by atoms with E-state index in [2.05, 4.69) is 4.90 Å². The van der Waals surface area contributed by atoms with E-state index in [0.717, 1.165) is 44.5 Å². The number of carbonyl (C=O) groups excluding carboxylic acids is 2. The third-order valence-electron chi connectivity index (χ3n) is 5.68. The highest BCUT2D eigenvalue weighted by Crippen LogP contribution is 2.22. The van der Waals surface area contributed by atoms with Gasteiger partial charge in [-0.1, -0.05) is 31.0 Å². The Morgan fingerprint density at radius 1 is 0.923 bits per heavy atom. The first-order chi connectivity index (χ1) is 12.6. The van der Waals surface area contributed by atoms with Crippen LogP contribution in [0.4, 0.5) is 5.69 Å². The molecule has 0 aliphatic carbocycles. The zero-order chi connectivity index (χ0) is 18.4. The lowest BCUT2D eigenvalue weighted by molar-refractivity contribution is -0.140. The molecule has 0 unspecified atom stereocenters. The van der Waals surface area contributed by atoms with Crippen molar-refractivity contribution in [2.75, 3.05) is 44.7 Å². The molecule has 142 valence electrons. The smallest absolute Gasteiger partial charge is 0.242 e. The molecule has 0 N–H and O–H groups in total. The summed E-state index contributed by atoms with van der Waals surface area (Å²) in [5, 5.41) is 0. The van der Waals surface area contributed by atoms with Crippen LogP contribution in [0.5, 0.6) is 0 Å². The molecule has 2 amide bonds. The lowest BCUT2D eigenvalue weighted by atomic mass is 9.95. The summed E-state index contributed by atoms with van der Waals surface area (Å²) in [4.78, 5) is 31.3. The van der Waals surface area contributed by atoms with Crippen molar-refractivity contribution in [3.8, 4) is 0 Å². The van der Waals surface area contributed by atoms with Gasteiger partial charge in [-0.15, -0.1) is 0 Å². The number of para-hydroxylation sites is 1. The molecule has 0 radical (unpaired) electrons. The first kappa shape index (κ1) is 18.7. The molecule has 0 saturated carbocycles. The fourth-order valence-electron chi connectivity index (χ4n) is 4.00. The van der Waals surface area contributed by atoms with Gasteiger partial charge in [-0.3, -0.25) is 9.59 Å². The monoisotopic (exact) mass is 357 g/mol. The Labute approximate surface area is 156 Å². The van der Waals surface area contributed by atoms with E-state index in [9.17, 15) is 9.59 Å². The molecule has 5 heteroatoms.